The van der Waals surface area contributed by atoms with Crippen LogP contribution in [0.3, 0.4) is 0 Å². The molecule has 0 heterocycles. The lowest BCUT2D eigenvalue weighted by Gasteiger charge is -2.31. The standard InChI is InChI=1S/C56H91NO7/c1-6-8-10-12-14-16-18-20-22-24-26-28-30-32-34-36-38-40-42-44-46-54(58)63-51-52(50-62-49-48-53(56(60)61)57(3,4)5)64-55(59)47-45-43-41-39-37-35-33-31-29-27-25-23-21-19-17-15-13-11-9-7-2/h8-11,14-17,20-23,27,29,33,35,39,41,52-53H,6-7,12-13,18-19,24-26,28,30-32,34,36-38,40,42-51H2,1-5H3/p+1/b10-8+,11-9+,16-14+,17-15+,22-20+,23-21+,29-27+,35-33+,41-39+. The molecule has 0 aliphatic carbocycles. The highest BCUT2D eigenvalue weighted by Gasteiger charge is 2.31. The van der Waals surface area contributed by atoms with Gasteiger partial charge in [0.2, 0.25) is 0 Å². The van der Waals surface area contributed by atoms with Crippen LogP contribution in [0.25, 0.3) is 0 Å². The summed E-state index contributed by atoms with van der Waals surface area (Å²) in [6, 6.07) is -0.633. The number of allylic oxidation sites excluding steroid dienone is 18. The zero-order chi connectivity index (χ0) is 47.0. The first-order valence-corrected chi connectivity index (χ1v) is 24.9. The maximum atomic E-state index is 12.8. The van der Waals surface area contributed by atoms with Crippen LogP contribution in [0.4, 0.5) is 0 Å². The van der Waals surface area contributed by atoms with E-state index in [9.17, 15) is 19.5 Å². The van der Waals surface area contributed by atoms with Crippen molar-refractivity contribution in [1.82, 2.24) is 0 Å². The molecule has 64 heavy (non-hydrogen) atoms. The van der Waals surface area contributed by atoms with E-state index >= 15 is 0 Å². The molecule has 0 amide bonds. The lowest BCUT2D eigenvalue weighted by atomic mass is 10.1. The molecule has 2 atom stereocenters. The van der Waals surface area contributed by atoms with E-state index in [-0.39, 0.29) is 42.7 Å². The fraction of sp³-hybridized carbons (Fsp3) is 0.625. The van der Waals surface area contributed by atoms with Crippen LogP contribution in [-0.2, 0) is 28.6 Å². The van der Waals surface area contributed by atoms with Crippen molar-refractivity contribution in [3.8, 4) is 0 Å². The van der Waals surface area contributed by atoms with E-state index < -0.39 is 18.1 Å². The fourth-order valence-electron chi connectivity index (χ4n) is 6.65. The molecule has 0 fully saturated rings. The van der Waals surface area contributed by atoms with E-state index in [1.165, 1.54) is 51.4 Å². The second-order valence-electron chi connectivity index (χ2n) is 17.3. The number of hydrogen-bond donors (Lipinski definition) is 1. The van der Waals surface area contributed by atoms with Crippen LogP contribution in [0.15, 0.2) is 109 Å². The van der Waals surface area contributed by atoms with E-state index in [0.717, 1.165) is 83.5 Å². The van der Waals surface area contributed by atoms with Gasteiger partial charge in [-0.25, -0.2) is 4.79 Å². The van der Waals surface area contributed by atoms with E-state index in [2.05, 4.69) is 123 Å². The number of quaternary nitrogens is 1. The molecule has 0 radical (unpaired) electrons. The lowest BCUT2D eigenvalue weighted by molar-refractivity contribution is -0.887. The third-order valence-corrected chi connectivity index (χ3v) is 10.4. The highest BCUT2D eigenvalue weighted by molar-refractivity contribution is 5.72. The molecule has 0 aliphatic heterocycles. The molecule has 0 rings (SSSR count). The maximum Gasteiger partial charge on any atom is 0.362 e. The van der Waals surface area contributed by atoms with Gasteiger partial charge in [-0.3, -0.25) is 9.59 Å². The maximum absolute atomic E-state index is 12.8. The van der Waals surface area contributed by atoms with Gasteiger partial charge in [-0.05, 0) is 89.9 Å². The van der Waals surface area contributed by atoms with Crippen LogP contribution in [0, 0.1) is 0 Å². The molecule has 0 bridgehead atoms. The SMILES string of the molecule is CC/C=C/C/C=C/C/C=C/C/C=C/C/C=C/C/C=C/CCCC(=O)OC(COCCC(C(=O)O)[N+](C)(C)C)COC(=O)CCCCCCCCCCCC/C=C/C/C=C/C/C=C/CC. The van der Waals surface area contributed by atoms with Crippen molar-refractivity contribution in [2.45, 2.75) is 187 Å². The number of unbranched alkanes of at least 4 members (excludes halogenated alkanes) is 11. The number of carboxylic acids is 1. The van der Waals surface area contributed by atoms with Gasteiger partial charge < -0.3 is 23.8 Å². The second-order valence-corrected chi connectivity index (χ2v) is 17.3. The van der Waals surface area contributed by atoms with Gasteiger partial charge in [-0.1, -0.05) is 175 Å². The Kier molecular flexibility index (Phi) is 42.7. The second kappa shape index (κ2) is 45.6. The summed E-state index contributed by atoms with van der Waals surface area (Å²) in [5, 5.41) is 9.65. The van der Waals surface area contributed by atoms with Crippen LogP contribution in [0.5, 0.6) is 0 Å². The number of rotatable bonds is 43. The lowest BCUT2D eigenvalue weighted by Crippen LogP contribution is -2.50. The minimum absolute atomic E-state index is 0.0299. The average molecular weight is 891 g/mol. The Balaban J connectivity index is 4.39. The van der Waals surface area contributed by atoms with Gasteiger partial charge in [0.15, 0.2) is 12.1 Å². The third kappa shape index (κ3) is 43.3. The van der Waals surface area contributed by atoms with Gasteiger partial charge in [-0.15, -0.1) is 0 Å². The number of ether oxygens (including phenoxy) is 3. The third-order valence-electron chi connectivity index (χ3n) is 10.4. The number of likely N-dealkylation sites (N-methyl/N-ethyl adjacent to an activating group) is 1. The number of carbonyl (C=O) groups excluding carboxylic acids is 2. The highest BCUT2D eigenvalue weighted by Crippen LogP contribution is 2.14. The minimum atomic E-state index is -0.889. The van der Waals surface area contributed by atoms with Crippen molar-refractivity contribution in [2.24, 2.45) is 0 Å². The van der Waals surface area contributed by atoms with Gasteiger partial charge in [0.25, 0.3) is 0 Å². The van der Waals surface area contributed by atoms with Crippen molar-refractivity contribution in [3.05, 3.63) is 109 Å². The summed E-state index contributed by atoms with van der Waals surface area (Å²) in [4.78, 5) is 37.1. The minimum Gasteiger partial charge on any atom is -0.477 e. The molecule has 0 aromatic heterocycles. The van der Waals surface area contributed by atoms with E-state index in [0.29, 0.717) is 19.3 Å². The Morgan fingerprint density at radius 2 is 0.844 bits per heavy atom. The summed E-state index contributed by atoms with van der Waals surface area (Å²) < 4.78 is 17.3. The normalized spacial score (nSPS) is 13.8. The van der Waals surface area contributed by atoms with Crippen molar-refractivity contribution in [1.29, 1.82) is 0 Å². The van der Waals surface area contributed by atoms with Crippen molar-refractivity contribution >= 4 is 17.9 Å². The van der Waals surface area contributed by atoms with Crippen LogP contribution >= 0.6 is 0 Å². The molecule has 362 valence electrons. The number of carbonyl (C=O) groups is 3. The van der Waals surface area contributed by atoms with Crippen molar-refractivity contribution < 1.29 is 38.2 Å². The number of esters is 2. The quantitative estimate of drug-likeness (QED) is 0.0282. The summed E-state index contributed by atoms with van der Waals surface area (Å²) in [5.41, 5.74) is 0. The largest absolute Gasteiger partial charge is 0.477 e. The Bertz CT molecular complexity index is 1410. The van der Waals surface area contributed by atoms with Crippen LogP contribution in [0.2, 0.25) is 0 Å². The Morgan fingerprint density at radius 1 is 0.469 bits per heavy atom. The summed E-state index contributed by atoms with van der Waals surface area (Å²) in [6.45, 7) is 4.44. The molecule has 0 spiro atoms. The van der Waals surface area contributed by atoms with Crippen molar-refractivity contribution in [3.63, 3.8) is 0 Å². The molecule has 0 saturated heterocycles. The molecular weight excluding hydrogens is 799 g/mol. The summed E-state index contributed by atoms with van der Waals surface area (Å²) >= 11 is 0. The van der Waals surface area contributed by atoms with Crippen LogP contribution in [0.1, 0.15) is 174 Å². The smallest absolute Gasteiger partial charge is 0.362 e. The predicted molar refractivity (Wildman–Crippen MR) is 270 cm³/mol. The number of aliphatic carboxylic acids is 1. The van der Waals surface area contributed by atoms with Gasteiger partial charge in [0.1, 0.15) is 6.61 Å². The topological polar surface area (TPSA) is 99.1 Å². The van der Waals surface area contributed by atoms with Crippen LogP contribution < -0.4 is 0 Å². The molecular formula is C56H92NO7+. The molecule has 0 aromatic rings. The first-order valence-electron chi connectivity index (χ1n) is 24.9. The van der Waals surface area contributed by atoms with Gasteiger partial charge >= 0.3 is 17.9 Å². The summed E-state index contributed by atoms with van der Waals surface area (Å²) in [7, 11) is 5.50. The molecule has 8 nitrogen and oxygen atoms in total. The Labute approximate surface area is 391 Å². The highest BCUT2D eigenvalue weighted by atomic mass is 16.6. The van der Waals surface area contributed by atoms with Crippen LogP contribution in [-0.4, -0.2) is 80.6 Å². The fourth-order valence-corrected chi connectivity index (χ4v) is 6.65. The monoisotopic (exact) mass is 891 g/mol. The first kappa shape index (κ1) is 60.0. The van der Waals surface area contributed by atoms with Gasteiger partial charge in [0, 0.05) is 19.3 Å². The Morgan fingerprint density at radius 3 is 1.27 bits per heavy atom. The predicted octanol–water partition coefficient (Wildman–Crippen LogP) is 14.4. The Hall–Kier alpha value is -4.01. The first-order chi connectivity index (χ1) is 31.1. The summed E-state index contributed by atoms with van der Waals surface area (Å²) in [5.74, 6) is -1.56. The molecule has 1 N–H and O–H groups in total. The molecule has 0 saturated carbocycles. The van der Waals surface area contributed by atoms with Gasteiger partial charge in [0.05, 0.1) is 34.4 Å². The number of hydrogen-bond acceptors (Lipinski definition) is 6. The van der Waals surface area contributed by atoms with Crippen molar-refractivity contribution in [2.75, 3.05) is 41.0 Å². The number of carboxylic acid groups (broad SMARTS) is 1. The van der Waals surface area contributed by atoms with E-state index in [4.69, 9.17) is 14.2 Å². The zero-order valence-electron chi connectivity index (χ0n) is 41.2. The van der Waals surface area contributed by atoms with E-state index in [1.54, 1.807) is 0 Å². The molecule has 8 heteroatoms. The number of nitrogens with zero attached hydrogens (tertiary/aromatic N) is 1. The van der Waals surface area contributed by atoms with Gasteiger partial charge in [-0.2, -0.15) is 0 Å². The van der Waals surface area contributed by atoms with E-state index in [1.807, 2.05) is 21.1 Å². The average Bonchev–Trinajstić information content (AvgIpc) is 3.26. The molecule has 2 unspecified atom stereocenters. The zero-order valence-corrected chi connectivity index (χ0v) is 41.2. The summed E-state index contributed by atoms with van der Waals surface area (Å²) in [6.07, 6.45) is 62.9. The molecule has 0 aliphatic rings. The molecule has 0 aromatic carbocycles.